The Hall–Kier alpha value is -2.70. The number of nitrogens with one attached hydrogen (secondary N) is 2. The number of rotatable bonds is 7. The summed E-state index contributed by atoms with van der Waals surface area (Å²) in [6, 6.07) is 6.62. The van der Waals surface area contributed by atoms with E-state index in [9.17, 15) is 9.59 Å². The standard InChI is InChI=1S/C18H25N5O2/c1-5-18(3,4)10-16(24)21-13(2)17(25)22-14-6-8-15(9-7-14)23-12-19-11-20-23/h6-9,11-13H,5,10H2,1-4H3,(H,21,24)(H,22,25)/t13-/m0/s1. The summed E-state index contributed by atoms with van der Waals surface area (Å²) >= 11 is 0. The number of carbonyl (C=O) groups excluding carboxylic acids is 2. The third-order valence-corrected chi connectivity index (χ3v) is 4.19. The predicted octanol–water partition coefficient (Wildman–Crippen LogP) is 2.54. The van der Waals surface area contributed by atoms with Crippen LogP contribution in [0.1, 0.15) is 40.5 Å². The molecular formula is C18H25N5O2. The fourth-order valence-electron chi connectivity index (χ4n) is 2.21. The quantitative estimate of drug-likeness (QED) is 0.808. The zero-order chi connectivity index (χ0) is 18.4. The van der Waals surface area contributed by atoms with Gasteiger partial charge in [-0.2, -0.15) is 5.10 Å². The lowest BCUT2D eigenvalue weighted by molar-refractivity contribution is -0.127. The number of hydrogen-bond donors (Lipinski definition) is 2. The molecule has 1 aromatic carbocycles. The zero-order valence-corrected chi connectivity index (χ0v) is 15.1. The number of carbonyl (C=O) groups is 2. The van der Waals surface area contributed by atoms with E-state index in [1.807, 2.05) is 32.9 Å². The van der Waals surface area contributed by atoms with Gasteiger partial charge in [-0.1, -0.05) is 27.2 Å². The molecule has 1 aromatic heterocycles. The van der Waals surface area contributed by atoms with E-state index in [0.29, 0.717) is 12.1 Å². The van der Waals surface area contributed by atoms with Crippen LogP contribution in [0.15, 0.2) is 36.9 Å². The summed E-state index contributed by atoms with van der Waals surface area (Å²) in [5.41, 5.74) is 1.43. The van der Waals surface area contributed by atoms with Crippen molar-refractivity contribution in [1.29, 1.82) is 0 Å². The molecule has 2 N–H and O–H groups in total. The van der Waals surface area contributed by atoms with Crippen LogP contribution in [-0.2, 0) is 9.59 Å². The Morgan fingerprint density at radius 2 is 1.92 bits per heavy atom. The van der Waals surface area contributed by atoms with Gasteiger partial charge in [-0.3, -0.25) is 9.59 Å². The molecule has 1 heterocycles. The summed E-state index contributed by atoms with van der Waals surface area (Å²) in [6.07, 6.45) is 4.36. The molecule has 0 unspecified atom stereocenters. The SMILES string of the molecule is CCC(C)(C)CC(=O)N[C@@H](C)C(=O)Nc1ccc(-n2cncn2)cc1. The van der Waals surface area contributed by atoms with E-state index >= 15 is 0 Å². The molecule has 7 heteroatoms. The van der Waals surface area contributed by atoms with E-state index in [-0.39, 0.29) is 17.2 Å². The molecule has 25 heavy (non-hydrogen) atoms. The lowest BCUT2D eigenvalue weighted by Gasteiger charge is -2.23. The highest BCUT2D eigenvalue weighted by molar-refractivity contribution is 5.97. The maximum absolute atomic E-state index is 12.2. The van der Waals surface area contributed by atoms with Crippen molar-refractivity contribution in [3.63, 3.8) is 0 Å². The van der Waals surface area contributed by atoms with Crippen molar-refractivity contribution in [3.8, 4) is 5.69 Å². The molecule has 2 rings (SSSR count). The molecule has 0 aliphatic carbocycles. The maximum atomic E-state index is 12.2. The van der Waals surface area contributed by atoms with Crippen molar-refractivity contribution in [2.75, 3.05) is 5.32 Å². The Bertz CT molecular complexity index is 708. The number of aromatic nitrogens is 3. The zero-order valence-electron chi connectivity index (χ0n) is 15.1. The first kappa shape index (κ1) is 18.6. The molecule has 0 spiro atoms. The molecule has 2 aromatic rings. The van der Waals surface area contributed by atoms with Gasteiger partial charge in [-0.05, 0) is 36.6 Å². The van der Waals surface area contributed by atoms with Crippen LogP contribution in [-0.4, -0.2) is 32.6 Å². The average molecular weight is 343 g/mol. The van der Waals surface area contributed by atoms with Gasteiger partial charge in [0, 0.05) is 12.1 Å². The van der Waals surface area contributed by atoms with Gasteiger partial charge in [0.2, 0.25) is 11.8 Å². The van der Waals surface area contributed by atoms with Gasteiger partial charge in [0.25, 0.3) is 0 Å². The van der Waals surface area contributed by atoms with Crippen LogP contribution in [0.2, 0.25) is 0 Å². The Kier molecular flexibility index (Phi) is 5.90. The van der Waals surface area contributed by atoms with Crippen LogP contribution < -0.4 is 10.6 Å². The predicted molar refractivity (Wildman–Crippen MR) is 96.3 cm³/mol. The summed E-state index contributed by atoms with van der Waals surface area (Å²) < 4.78 is 1.63. The van der Waals surface area contributed by atoms with Crippen molar-refractivity contribution in [1.82, 2.24) is 20.1 Å². The number of hydrogen-bond acceptors (Lipinski definition) is 4. The fourth-order valence-corrected chi connectivity index (χ4v) is 2.21. The highest BCUT2D eigenvalue weighted by atomic mass is 16.2. The Balaban J connectivity index is 1.89. The molecule has 7 nitrogen and oxygen atoms in total. The van der Waals surface area contributed by atoms with Crippen LogP contribution in [0.25, 0.3) is 5.69 Å². The molecule has 0 bridgehead atoms. The molecule has 0 saturated heterocycles. The second kappa shape index (κ2) is 7.92. The Labute approximate surface area is 147 Å². The van der Waals surface area contributed by atoms with Gasteiger partial charge in [0.1, 0.15) is 18.7 Å². The Morgan fingerprint density at radius 3 is 2.48 bits per heavy atom. The van der Waals surface area contributed by atoms with Crippen LogP contribution in [0.4, 0.5) is 5.69 Å². The van der Waals surface area contributed by atoms with E-state index < -0.39 is 6.04 Å². The number of anilines is 1. The second-order valence-corrected chi connectivity index (χ2v) is 6.86. The summed E-state index contributed by atoms with van der Waals surface area (Å²) in [5, 5.41) is 9.59. The van der Waals surface area contributed by atoms with Crippen LogP contribution in [0.3, 0.4) is 0 Å². The van der Waals surface area contributed by atoms with Gasteiger partial charge in [0.05, 0.1) is 5.69 Å². The van der Waals surface area contributed by atoms with Crippen molar-refractivity contribution >= 4 is 17.5 Å². The van der Waals surface area contributed by atoms with Crippen molar-refractivity contribution in [3.05, 3.63) is 36.9 Å². The summed E-state index contributed by atoms with van der Waals surface area (Å²) in [5.74, 6) is -0.368. The lowest BCUT2D eigenvalue weighted by Crippen LogP contribution is -2.42. The molecule has 0 aliphatic rings. The molecule has 0 saturated carbocycles. The molecule has 0 fully saturated rings. The number of amides is 2. The second-order valence-electron chi connectivity index (χ2n) is 6.86. The fraction of sp³-hybridized carbons (Fsp3) is 0.444. The monoisotopic (exact) mass is 343 g/mol. The molecule has 2 amide bonds. The number of nitrogens with zero attached hydrogens (tertiary/aromatic N) is 3. The Morgan fingerprint density at radius 1 is 1.24 bits per heavy atom. The first-order valence-electron chi connectivity index (χ1n) is 8.36. The van der Waals surface area contributed by atoms with E-state index in [2.05, 4.69) is 20.7 Å². The number of benzene rings is 1. The summed E-state index contributed by atoms with van der Waals surface area (Å²) in [6.45, 7) is 7.80. The molecule has 134 valence electrons. The molecule has 0 radical (unpaired) electrons. The van der Waals surface area contributed by atoms with Gasteiger partial charge < -0.3 is 10.6 Å². The smallest absolute Gasteiger partial charge is 0.246 e. The van der Waals surface area contributed by atoms with Crippen LogP contribution in [0.5, 0.6) is 0 Å². The first-order valence-corrected chi connectivity index (χ1v) is 8.36. The summed E-state index contributed by atoms with van der Waals surface area (Å²) in [4.78, 5) is 28.2. The molecule has 0 aliphatic heterocycles. The first-order chi connectivity index (χ1) is 11.8. The topological polar surface area (TPSA) is 88.9 Å². The minimum absolute atomic E-state index is 0.0720. The van der Waals surface area contributed by atoms with Crippen molar-refractivity contribution < 1.29 is 9.59 Å². The lowest BCUT2D eigenvalue weighted by atomic mass is 9.86. The third-order valence-electron chi connectivity index (χ3n) is 4.19. The minimum atomic E-state index is -0.602. The normalized spacial score (nSPS) is 12.5. The largest absolute Gasteiger partial charge is 0.345 e. The van der Waals surface area contributed by atoms with Gasteiger partial charge in [-0.25, -0.2) is 9.67 Å². The molecule has 1 atom stereocenters. The van der Waals surface area contributed by atoms with Crippen LogP contribution in [0, 0.1) is 5.41 Å². The van der Waals surface area contributed by atoms with Gasteiger partial charge in [-0.15, -0.1) is 0 Å². The van der Waals surface area contributed by atoms with Crippen molar-refractivity contribution in [2.24, 2.45) is 5.41 Å². The highest BCUT2D eigenvalue weighted by Gasteiger charge is 2.22. The van der Waals surface area contributed by atoms with Gasteiger partial charge in [0.15, 0.2) is 0 Å². The highest BCUT2D eigenvalue weighted by Crippen LogP contribution is 2.24. The third kappa shape index (κ3) is 5.41. The van der Waals surface area contributed by atoms with Crippen molar-refractivity contribution in [2.45, 2.75) is 46.6 Å². The van der Waals surface area contributed by atoms with Crippen LogP contribution >= 0.6 is 0 Å². The minimum Gasteiger partial charge on any atom is -0.345 e. The van der Waals surface area contributed by atoms with Gasteiger partial charge >= 0.3 is 0 Å². The van der Waals surface area contributed by atoms with E-state index in [0.717, 1.165) is 12.1 Å². The molecular weight excluding hydrogens is 318 g/mol. The van der Waals surface area contributed by atoms with E-state index in [1.165, 1.54) is 6.33 Å². The maximum Gasteiger partial charge on any atom is 0.246 e. The van der Waals surface area contributed by atoms with E-state index in [1.54, 1.807) is 30.1 Å². The summed E-state index contributed by atoms with van der Waals surface area (Å²) in [7, 11) is 0. The van der Waals surface area contributed by atoms with E-state index in [4.69, 9.17) is 0 Å². The average Bonchev–Trinajstić information content (AvgIpc) is 3.09.